The lowest BCUT2D eigenvalue weighted by Gasteiger charge is -2.20. The minimum atomic E-state index is -5.34. The van der Waals surface area contributed by atoms with Gasteiger partial charge in [-0.2, -0.15) is 13.2 Å². The third-order valence-corrected chi connectivity index (χ3v) is 3.48. The lowest BCUT2D eigenvalue weighted by molar-refractivity contribution is -0.193. The molecule has 0 bridgehead atoms. The number of fused-ring (bicyclic) bond motifs is 1. The Morgan fingerprint density at radius 3 is 2.36 bits per heavy atom. The van der Waals surface area contributed by atoms with E-state index in [-0.39, 0.29) is 5.58 Å². The summed E-state index contributed by atoms with van der Waals surface area (Å²) in [6.07, 6.45) is -5.34. The van der Waals surface area contributed by atoms with Crippen LogP contribution >= 0.6 is 0 Å². The van der Waals surface area contributed by atoms with Gasteiger partial charge in [-0.15, -0.1) is 0 Å². The van der Waals surface area contributed by atoms with Gasteiger partial charge in [-0.3, -0.25) is 0 Å². The molecule has 0 amide bonds. The zero-order chi connectivity index (χ0) is 18.8. The molecular formula is C16H14F3NO5. The van der Waals surface area contributed by atoms with Crippen molar-refractivity contribution in [2.75, 3.05) is 18.0 Å². The van der Waals surface area contributed by atoms with E-state index in [1.54, 1.807) is 18.2 Å². The molecule has 0 spiro atoms. The highest BCUT2D eigenvalue weighted by molar-refractivity contribution is 5.99. The molecule has 134 valence electrons. The molecule has 2 aromatic rings. The summed E-state index contributed by atoms with van der Waals surface area (Å²) < 4.78 is 45.0. The second-order valence-electron chi connectivity index (χ2n) is 5.02. The van der Waals surface area contributed by atoms with Gasteiger partial charge < -0.3 is 14.1 Å². The van der Waals surface area contributed by atoms with Gasteiger partial charge in [0.15, 0.2) is 0 Å². The van der Waals surface area contributed by atoms with E-state index in [9.17, 15) is 27.6 Å². The molecule has 1 aromatic carbocycles. The molecule has 0 aliphatic heterocycles. The highest BCUT2D eigenvalue weighted by atomic mass is 19.4. The van der Waals surface area contributed by atoms with Crippen LogP contribution in [0, 0.1) is 0 Å². The predicted molar refractivity (Wildman–Crippen MR) is 82.5 cm³/mol. The van der Waals surface area contributed by atoms with E-state index < -0.39 is 29.3 Å². The fourth-order valence-electron chi connectivity index (χ4n) is 2.22. The van der Waals surface area contributed by atoms with Crippen molar-refractivity contribution in [3.8, 4) is 0 Å². The highest BCUT2D eigenvalue weighted by Crippen LogP contribution is 2.23. The fourth-order valence-corrected chi connectivity index (χ4v) is 2.22. The van der Waals surface area contributed by atoms with Crippen molar-refractivity contribution >= 4 is 28.6 Å². The molecule has 2 rings (SSSR count). The highest BCUT2D eigenvalue weighted by Gasteiger charge is 2.43. The number of halogens is 3. The molecule has 0 saturated heterocycles. The van der Waals surface area contributed by atoms with Gasteiger partial charge in [0.2, 0.25) is 0 Å². The summed E-state index contributed by atoms with van der Waals surface area (Å²) in [5.41, 5.74) is -1.04. The van der Waals surface area contributed by atoms with Crippen molar-refractivity contribution in [2.45, 2.75) is 20.0 Å². The Morgan fingerprint density at radius 1 is 1.16 bits per heavy atom. The summed E-state index contributed by atoms with van der Waals surface area (Å²) in [6, 6.07) is 5.87. The number of carbonyl (C=O) groups is 2. The van der Waals surface area contributed by atoms with Gasteiger partial charge in [-0.05, 0) is 32.0 Å². The minimum absolute atomic E-state index is 0.160. The van der Waals surface area contributed by atoms with Gasteiger partial charge in [0.1, 0.15) is 11.1 Å². The normalized spacial score (nSPS) is 11.4. The zero-order valence-corrected chi connectivity index (χ0v) is 13.3. The van der Waals surface area contributed by atoms with Crippen LogP contribution in [0.2, 0.25) is 0 Å². The first-order chi connectivity index (χ1) is 11.7. The largest absolute Gasteiger partial charge is 0.491 e. The maximum absolute atomic E-state index is 12.1. The number of anilines is 1. The average molecular weight is 357 g/mol. The van der Waals surface area contributed by atoms with Crippen molar-refractivity contribution in [1.82, 2.24) is 0 Å². The first-order valence-electron chi connectivity index (χ1n) is 7.33. The minimum Gasteiger partial charge on any atom is -0.422 e. The summed E-state index contributed by atoms with van der Waals surface area (Å²) in [6.45, 7) is 5.33. The van der Waals surface area contributed by atoms with Crippen molar-refractivity contribution in [3.05, 3.63) is 40.2 Å². The van der Waals surface area contributed by atoms with E-state index >= 15 is 0 Å². The second-order valence-corrected chi connectivity index (χ2v) is 5.02. The number of nitrogens with zero attached hydrogens (tertiary/aromatic N) is 1. The van der Waals surface area contributed by atoms with Crippen molar-refractivity contribution in [3.63, 3.8) is 0 Å². The number of alkyl halides is 3. The molecule has 6 nitrogen and oxygen atoms in total. The summed E-state index contributed by atoms with van der Waals surface area (Å²) in [5.74, 6) is -4.42. The molecule has 0 saturated carbocycles. The molecular weight excluding hydrogens is 343 g/mol. The smallest absolute Gasteiger partial charge is 0.422 e. The van der Waals surface area contributed by atoms with E-state index in [4.69, 9.17) is 4.42 Å². The van der Waals surface area contributed by atoms with Crippen molar-refractivity contribution < 1.29 is 31.9 Å². The number of esters is 2. The topological polar surface area (TPSA) is 76.8 Å². The van der Waals surface area contributed by atoms with Crippen LogP contribution in [0.15, 0.2) is 33.5 Å². The lowest BCUT2D eigenvalue weighted by Crippen LogP contribution is -2.29. The predicted octanol–water partition coefficient (Wildman–Crippen LogP) is 2.88. The van der Waals surface area contributed by atoms with Gasteiger partial charge in [-0.1, -0.05) is 0 Å². The Bertz CT molecular complexity index is 868. The van der Waals surface area contributed by atoms with Crippen LogP contribution in [0.25, 0.3) is 11.0 Å². The molecule has 25 heavy (non-hydrogen) atoms. The molecule has 0 unspecified atom stereocenters. The standard InChI is InChI=1S/C16H14F3NO5/c1-3-20(4-2)10-6-5-9-7-11(13(21)24-12(9)8-10)14(22)25-15(23)16(17,18)19/h5-8H,3-4H2,1-2H3. The third-order valence-electron chi connectivity index (χ3n) is 3.48. The van der Waals surface area contributed by atoms with Crippen molar-refractivity contribution in [2.24, 2.45) is 0 Å². The summed E-state index contributed by atoms with van der Waals surface area (Å²) in [4.78, 5) is 36.2. The van der Waals surface area contributed by atoms with Crippen molar-refractivity contribution in [1.29, 1.82) is 0 Å². The molecule has 0 atom stereocenters. The van der Waals surface area contributed by atoms with Crippen LogP contribution in [0.5, 0.6) is 0 Å². The van der Waals surface area contributed by atoms with Crippen LogP contribution in [0.1, 0.15) is 24.2 Å². The van der Waals surface area contributed by atoms with Gasteiger partial charge in [0.25, 0.3) is 0 Å². The fraction of sp³-hybridized carbons (Fsp3) is 0.312. The number of hydrogen-bond donors (Lipinski definition) is 0. The van der Waals surface area contributed by atoms with Crippen LogP contribution in [-0.2, 0) is 9.53 Å². The van der Waals surface area contributed by atoms with Gasteiger partial charge in [0, 0.05) is 30.2 Å². The van der Waals surface area contributed by atoms with Gasteiger partial charge in [0.05, 0.1) is 0 Å². The number of hydrogen-bond acceptors (Lipinski definition) is 6. The summed E-state index contributed by atoms with van der Waals surface area (Å²) in [5, 5.41) is 0.307. The molecule has 0 aliphatic rings. The molecule has 9 heteroatoms. The molecule has 0 N–H and O–H groups in total. The van der Waals surface area contributed by atoms with Crippen LogP contribution in [-0.4, -0.2) is 31.2 Å². The number of benzene rings is 1. The number of rotatable bonds is 4. The molecule has 0 radical (unpaired) electrons. The Kier molecular flexibility index (Phi) is 5.15. The summed E-state index contributed by atoms with van der Waals surface area (Å²) >= 11 is 0. The van der Waals surface area contributed by atoms with E-state index in [2.05, 4.69) is 4.74 Å². The van der Waals surface area contributed by atoms with Crippen LogP contribution in [0.4, 0.5) is 18.9 Å². The van der Waals surface area contributed by atoms with Gasteiger partial charge >= 0.3 is 23.7 Å². The lowest BCUT2D eigenvalue weighted by atomic mass is 10.1. The van der Waals surface area contributed by atoms with E-state index in [1.165, 1.54) is 0 Å². The maximum atomic E-state index is 12.1. The molecule has 0 aliphatic carbocycles. The van der Waals surface area contributed by atoms with Crippen LogP contribution < -0.4 is 10.5 Å². The molecule has 1 heterocycles. The average Bonchev–Trinajstić information content (AvgIpc) is 2.54. The number of carbonyl (C=O) groups excluding carboxylic acids is 2. The quantitative estimate of drug-likeness (QED) is 0.476. The van der Waals surface area contributed by atoms with E-state index in [0.717, 1.165) is 24.8 Å². The van der Waals surface area contributed by atoms with Gasteiger partial charge in [-0.25, -0.2) is 14.4 Å². The SMILES string of the molecule is CCN(CC)c1ccc2cc(C(=O)OC(=O)C(F)(F)F)c(=O)oc2c1. The molecule has 0 fully saturated rings. The van der Waals surface area contributed by atoms with Crippen LogP contribution in [0.3, 0.4) is 0 Å². The summed E-state index contributed by atoms with van der Waals surface area (Å²) in [7, 11) is 0. The Hall–Kier alpha value is -2.84. The zero-order valence-electron chi connectivity index (χ0n) is 13.3. The molecule has 1 aromatic heterocycles. The van der Waals surface area contributed by atoms with E-state index in [1.807, 2.05) is 18.7 Å². The first-order valence-corrected chi connectivity index (χ1v) is 7.33. The maximum Gasteiger partial charge on any atom is 0.491 e. The number of ether oxygens (including phenoxy) is 1. The Balaban J connectivity index is 2.39. The second kappa shape index (κ2) is 6.96. The van der Waals surface area contributed by atoms with E-state index in [0.29, 0.717) is 5.39 Å². The first kappa shape index (κ1) is 18.5. The third kappa shape index (κ3) is 3.98. The Labute approximate surface area is 139 Å². The monoisotopic (exact) mass is 357 g/mol. The Morgan fingerprint density at radius 2 is 1.80 bits per heavy atom.